The predicted molar refractivity (Wildman–Crippen MR) is 75.9 cm³/mol. The van der Waals surface area contributed by atoms with E-state index in [-0.39, 0.29) is 0 Å². The number of nitrogens with two attached hydrogens (primary N) is 1. The van der Waals surface area contributed by atoms with Gasteiger partial charge in [0.05, 0.1) is 6.20 Å². The van der Waals surface area contributed by atoms with Crippen molar-refractivity contribution in [3.8, 4) is 0 Å². The summed E-state index contributed by atoms with van der Waals surface area (Å²) in [6.45, 7) is 4.64. The van der Waals surface area contributed by atoms with Crippen molar-refractivity contribution in [2.75, 3.05) is 13.1 Å². The Balaban J connectivity index is 1.88. The highest BCUT2D eigenvalue weighted by atomic mass is 16.4. The Morgan fingerprint density at radius 1 is 1.37 bits per heavy atom. The van der Waals surface area contributed by atoms with E-state index in [0.717, 1.165) is 37.6 Å². The van der Waals surface area contributed by atoms with Crippen LogP contribution in [0.5, 0.6) is 0 Å². The molecule has 0 bridgehead atoms. The molecule has 0 radical (unpaired) electrons. The van der Waals surface area contributed by atoms with Crippen molar-refractivity contribution < 1.29 is 4.42 Å². The largest absolute Gasteiger partial charge is 0.444 e. The standard InChI is InChI=1S/C14H24N4O/c1-2-7-13-16-10-12(19-13)11-17-14(15)18-8-5-3-4-6-9-18/h10H,2-9,11H2,1H3,(H2,15,17). The van der Waals surface area contributed by atoms with E-state index in [9.17, 15) is 0 Å². The maximum atomic E-state index is 6.05. The second kappa shape index (κ2) is 7.16. The molecule has 0 atom stereocenters. The number of aliphatic imine (C=N–C) groups is 1. The first-order valence-electron chi connectivity index (χ1n) is 7.28. The molecule has 0 aromatic carbocycles. The van der Waals surface area contributed by atoms with Gasteiger partial charge in [0.2, 0.25) is 0 Å². The van der Waals surface area contributed by atoms with Crippen molar-refractivity contribution in [1.82, 2.24) is 9.88 Å². The van der Waals surface area contributed by atoms with Gasteiger partial charge in [0.1, 0.15) is 12.3 Å². The zero-order chi connectivity index (χ0) is 13.5. The highest BCUT2D eigenvalue weighted by Crippen LogP contribution is 2.10. The molecule has 2 rings (SSSR count). The fourth-order valence-electron chi connectivity index (χ4n) is 2.31. The topological polar surface area (TPSA) is 67.7 Å². The minimum atomic E-state index is 0.485. The average Bonchev–Trinajstić information content (AvgIpc) is 2.69. The maximum Gasteiger partial charge on any atom is 0.194 e. The summed E-state index contributed by atoms with van der Waals surface area (Å²) in [5, 5.41) is 0. The lowest BCUT2D eigenvalue weighted by atomic mass is 10.2. The summed E-state index contributed by atoms with van der Waals surface area (Å²) in [5.41, 5.74) is 6.05. The van der Waals surface area contributed by atoms with Crippen LogP contribution in [0.15, 0.2) is 15.6 Å². The molecule has 1 saturated heterocycles. The van der Waals surface area contributed by atoms with Gasteiger partial charge in [-0.25, -0.2) is 9.98 Å². The molecule has 1 aromatic heterocycles. The lowest BCUT2D eigenvalue weighted by Crippen LogP contribution is -2.38. The van der Waals surface area contributed by atoms with Gasteiger partial charge in [0, 0.05) is 19.5 Å². The lowest BCUT2D eigenvalue weighted by Gasteiger charge is -2.20. The van der Waals surface area contributed by atoms with Gasteiger partial charge in [0.15, 0.2) is 11.9 Å². The molecule has 5 nitrogen and oxygen atoms in total. The number of hydrogen-bond donors (Lipinski definition) is 1. The molecule has 19 heavy (non-hydrogen) atoms. The van der Waals surface area contributed by atoms with Gasteiger partial charge in [-0.15, -0.1) is 0 Å². The first-order chi connectivity index (χ1) is 9.29. The van der Waals surface area contributed by atoms with Crippen molar-refractivity contribution in [3.63, 3.8) is 0 Å². The van der Waals surface area contributed by atoms with Crippen LogP contribution in [0.4, 0.5) is 0 Å². The molecule has 2 N–H and O–H groups in total. The van der Waals surface area contributed by atoms with E-state index in [2.05, 4.69) is 21.8 Å². The van der Waals surface area contributed by atoms with Crippen LogP contribution >= 0.6 is 0 Å². The zero-order valence-corrected chi connectivity index (χ0v) is 11.8. The number of guanidine groups is 1. The Morgan fingerprint density at radius 3 is 2.79 bits per heavy atom. The summed E-state index contributed by atoms with van der Waals surface area (Å²) in [7, 11) is 0. The zero-order valence-electron chi connectivity index (χ0n) is 11.8. The molecular formula is C14H24N4O. The molecular weight excluding hydrogens is 240 g/mol. The third-order valence-electron chi connectivity index (χ3n) is 3.39. The molecule has 0 saturated carbocycles. The van der Waals surface area contributed by atoms with Gasteiger partial charge in [-0.3, -0.25) is 0 Å². The van der Waals surface area contributed by atoms with Crippen LogP contribution in [-0.4, -0.2) is 28.9 Å². The minimum Gasteiger partial charge on any atom is -0.444 e. The first-order valence-corrected chi connectivity index (χ1v) is 7.28. The van der Waals surface area contributed by atoms with Crippen LogP contribution in [0.25, 0.3) is 0 Å². The molecule has 0 unspecified atom stereocenters. The summed E-state index contributed by atoms with van der Waals surface area (Å²) in [6, 6.07) is 0. The Hall–Kier alpha value is -1.52. The fraction of sp³-hybridized carbons (Fsp3) is 0.714. The molecule has 0 spiro atoms. The molecule has 2 heterocycles. The normalized spacial score (nSPS) is 17.5. The Bertz CT molecular complexity index is 405. The van der Waals surface area contributed by atoms with Gasteiger partial charge >= 0.3 is 0 Å². The van der Waals surface area contributed by atoms with E-state index in [1.165, 1.54) is 25.7 Å². The van der Waals surface area contributed by atoms with Crippen molar-refractivity contribution in [2.24, 2.45) is 10.7 Å². The molecule has 1 fully saturated rings. The molecule has 106 valence electrons. The lowest BCUT2D eigenvalue weighted by molar-refractivity contribution is 0.423. The predicted octanol–water partition coefficient (Wildman–Crippen LogP) is 2.32. The summed E-state index contributed by atoms with van der Waals surface area (Å²) in [5.74, 6) is 2.22. The number of nitrogens with zero attached hydrogens (tertiary/aromatic N) is 3. The SMILES string of the molecule is CCCc1ncc(CN=C(N)N2CCCCCC2)o1. The van der Waals surface area contributed by atoms with Crippen LogP contribution in [0.2, 0.25) is 0 Å². The van der Waals surface area contributed by atoms with E-state index in [1.807, 2.05) is 0 Å². The monoisotopic (exact) mass is 264 g/mol. The number of likely N-dealkylation sites (tertiary alicyclic amines) is 1. The molecule has 1 aliphatic rings. The van der Waals surface area contributed by atoms with Crippen molar-refractivity contribution in [1.29, 1.82) is 0 Å². The summed E-state index contributed by atoms with van der Waals surface area (Å²) in [4.78, 5) is 10.8. The molecule has 1 aliphatic heterocycles. The molecule has 5 heteroatoms. The van der Waals surface area contributed by atoms with Gasteiger partial charge < -0.3 is 15.1 Å². The van der Waals surface area contributed by atoms with Crippen LogP contribution in [0.3, 0.4) is 0 Å². The number of rotatable bonds is 4. The van der Waals surface area contributed by atoms with Crippen molar-refractivity contribution >= 4 is 5.96 Å². The number of oxazole rings is 1. The van der Waals surface area contributed by atoms with Crippen LogP contribution < -0.4 is 5.73 Å². The van der Waals surface area contributed by atoms with E-state index in [4.69, 9.17) is 10.2 Å². The maximum absolute atomic E-state index is 6.05. The fourth-order valence-corrected chi connectivity index (χ4v) is 2.31. The van der Waals surface area contributed by atoms with Crippen LogP contribution in [0, 0.1) is 0 Å². The van der Waals surface area contributed by atoms with E-state index < -0.39 is 0 Å². The summed E-state index contributed by atoms with van der Waals surface area (Å²) >= 11 is 0. The van der Waals surface area contributed by atoms with E-state index in [0.29, 0.717) is 12.5 Å². The highest BCUT2D eigenvalue weighted by Gasteiger charge is 2.11. The van der Waals surface area contributed by atoms with Crippen molar-refractivity contribution in [2.45, 2.75) is 52.0 Å². The average molecular weight is 264 g/mol. The molecule has 0 aliphatic carbocycles. The van der Waals surface area contributed by atoms with Crippen LogP contribution in [-0.2, 0) is 13.0 Å². The van der Waals surface area contributed by atoms with Gasteiger partial charge in [-0.05, 0) is 19.3 Å². The second-order valence-corrected chi connectivity index (χ2v) is 5.05. The van der Waals surface area contributed by atoms with Gasteiger partial charge in [0.25, 0.3) is 0 Å². The van der Waals surface area contributed by atoms with Gasteiger partial charge in [-0.2, -0.15) is 0 Å². The van der Waals surface area contributed by atoms with Gasteiger partial charge in [-0.1, -0.05) is 19.8 Å². The molecule has 1 aromatic rings. The third kappa shape index (κ3) is 4.26. The Kier molecular flexibility index (Phi) is 5.24. The first kappa shape index (κ1) is 13.9. The summed E-state index contributed by atoms with van der Waals surface area (Å²) < 4.78 is 5.59. The minimum absolute atomic E-state index is 0.485. The van der Waals surface area contributed by atoms with Crippen molar-refractivity contribution in [3.05, 3.63) is 17.8 Å². The van der Waals surface area contributed by atoms with Crippen LogP contribution in [0.1, 0.15) is 50.7 Å². The quantitative estimate of drug-likeness (QED) is 0.669. The Morgan fingerprint density at radius 2 is 2.11 bits per heavy atom. The van der Waals surface area contributed by atoms with E-state index >= 15 is 0 Å². The van der Waals surface area contributed by atoms with E-state index in [1.54, 1.807) is 6.20 Å². The smallest absolute Gasteiger partial charge is 0.194 e. The number of hydrogen-bond acceptors (Lipinski definition) is 3. The second-order valence-electron chi connectivity index (χ2n) is 5.05. The Labute approximate surface area is 114 Å². The molecule has 0 amide bonds. The number of aromatic nitrogens is 1. The number of aryl methyl sites for hydroxylation is 1. The highest BCUT2D eigenvalue weighted by molar-refractivity contribution is 5.78. The summed E-state index contributed by atoms with van der Waals surface area (Å²) in [6.07, 6.45) is 8.69. The third-order valence-corrected chi connectivity index (χ3v) is 3.39.